The van der Waals surface area contributed by atoms with E-state index in [0.717, 1.165) is 62.6 Å². The fraction of sp³-hybridized carbons (Fsp3) is 0.529. The highest BCUT2D eigenvalue weighted by Crippen LogP contribution is 2.42. The Balaban J connectivity index is 0.901. The van der Waals surface area contributed by atoms with E-state index in [2.05, 4.69) is 56.3 Å². The first kappa shape index (κ1) is 30.5. The molecule has 12 nitrogen and oxygen atoms in total. The summed E-state index contributed by atoms with van der Waals surface area (Å²) >= 11 is 0. The normalized spacial score (nSPS) is 22.9. The molecular formula is C34H44N8O4. The Morgan fingerprint density at radius 1 is 0.891 bits per heavy atom. The van der Waals surface area contributed by atoms with Gasteiger partial charge in [-0.25, -0.2) is 14.0 Å². The molecule has 0 amide bonds. The van der Waals surface area contributed by atoms with Crippen molar-refractivity contribution in [1.82, 2.24) is 29.3 Å². The second-order valence-electron chi connectivity index (χ2n) is 12.7. The van der Waals surface area contributed by atoms with E-state index in [1.807, 2.05) is 31.2 Å². The van der Waals surface area contributed by atoms with Crippen molar-refractivity contribution in [2.45, 2.75) is 70.4 Å². The molecule has 3 fully saturated rings. The maximum atomic E-state index is 12.8. The van der Waals surface area contributed by atoms with Crippen LogP contribution in [0.2, 0.25) is 0 Å². The molecule has 3 unspecified atom stereocenters. The molecule has 3 aliphatic rings. The molecule has 12 heteroatoms. The third-order valence-electron chi connectivity index (χ3n) is 9.80. The average molecular weight is 629 g/mol. The number of anilines is 2. The van der Waals surface area contributed by atoms with Gasteiger partial charge in [-0.05, 0) is 74.7 Å². The summed E-state index contributed by atoms with van der Waals surface area (Å²) in [5.41, 5.74) is 3.07. The van der Waals surface area contributed by atoms with Gasteiger partial charge in [-0.3, -0.25) is 0 Å². The van der Waals surface area contributed by atoms with E-state index in [0.29, 0.717) is 25.7 Å². The molecule has 0 spiro atoms. The van der Waals surface area contributed by atoms with Crippen molar-refractivity contribution in [3.8, 4) is 11.4 Å². The summed E-state index contributed by atoms with van der Waals surface area (Å²) in [6.45, 7) is 9.18. The zero-order chi connectivity index (χ0) is 31.5. The minimum Gasteiger partial charge on any atom is -0.491 e. The zero-order valence-corrected chi connectivity index (χ0v) is 26.8. The second-order valence-corrected chi connectivity index (χ2v) is 12.7. The van der Waals surface area contributed by atoms with Gasteiger partial charge >= 0.3 is 5.69 Å². The molecular weight excluding hydrogens is 584 g/mol. The fourth-order valence-corrected chi connectivity index (χ4v) is 6.94. The van der Waals surface area contributed by atoms with Gasteiger partial charge in [-0.15, -0.1) is 0 Å². The number of rotatable bonds is 11. The van der Waals surface area contributed by atoms with Crippen LogP contribution in [0.25, 0.3) is 5.69 Å². The smallest absolute Gasteiger partial charge is 0.350 e. The molecule has 3 atom stereocenters. The van der Waals surface area contributed by atoms with Crippen LogP contribution in [0.1, 0.15) is 52.0 Å². The Kier molecular flexibility index (Phi) is 8.81. The molecule has 0 bridgehead atoms. The first-order valence-electron chi connectivity index (χ1n) is 16.7. The maximum Gasteiger partial charge on any atom is 0.350 e. The first-order chi connectivity index (χ1) is 22.5. The predicted octanol–water partition coefficient (Wildman–Crippen LogP) is 4.30. The second kappa shape index (κ2) is 13.3. The highest BCUT2D eigenvalue weighted by atomic mass is 16.8. The average Bonchev–Trinajstić information content (AvgIpc) is 3.93. The van der Waals surface area contributed by atoms with Crippen molar-refractivity contribution < 1.29 is 14.2 Å². The maximum absolute atomic E-state index is 12.8. The van der Waals surface area contributed by atoms with Crippen LogP contribution >= 0.6 is 0 Å². The Morgan fingerprint density at radius 2 is 1.50 bits per heavy atom. The molecule has 46 heavy (non-hydrogen) atoms. The van der Waals surface area contributed by atoms with Gasteiger partial charge in [0, 0.05) is 43.5 Å². The van der Waals surface area contributed by atoms with Crippen LogP contribution in [0, 0.1) is 5.92 Å². The summed E-state index contributed by atoms with van der Waals surface area (Å²) in [4.78, 5) is 19.3. The van der Waals surface area contributed by atoms with Gasteiger partial charge < -0.3 is 24.0 Å². The monoisotopic (exact) mass is 628 g/mol. The van der Waals surface area contributed by atoms with Crippen molar-refractivity contribution in [2.24, 2.45) is 5.92 Å². The third-order valence-corrected chi connectivity index (χ3v) is 9.80. The molecule has 2 aliphatic heterocycles. The zero-order valence-electron chi connectivity index (χ0n) is 26.8. The number of hydrogen-bond acceptors (Lipinski definition) is 9. The van der Waals surface area contributed by atoms with Crippen LogP contribution in [0.5, 0.6) is 5.75 Å². The van der Waals surface area contributed by atoms with Crippen LogP contribution in [0.3, 0.4) is 0 Å². The van der Waals surface area contributed by atoms with Gasteiger partial charge in [0.25, 0.3) is 0 Å². The van der Waals surface area contributed by atoms with Crippen molar-refractivity contribution in [2.75, 3.05) is 49.2 Å². The minimum atomic E-state index is -0.686. The van der Waals surface area contributed by atoms with Gasteiger partial charge in [-0.2, -0.15) is 20.1 Å². The number of nitrogens with zero attached hydrogens (tertiary/aromatic N) is 8. The molecule has 4 heterocycles. The Morgan fingerprint density at radius 3 is 2.13 bits per heavy atom. The summed E-state index contributed by atoms with van der Waals surface area (Å²) in [6.07, 6.45) is 10.3. The number of benzene rings is 2. The fourth-order valence-electron chi connectivity index (χ4n) is 6.94. The molecule has 0 N–H and O–H groups in total. The number of aromatic nitrogens is 6. The molecule has 7 rings (SSSR count). The van der Waals surface area contributed by atoms with Gasteiger partial charge in [-0.1, -0.05) is 19.8 Å². The minimum absolute atomic E-state index is 0.0775. The van der Waals surface area contributed by atoms with E-state index >= 15 is 0 Å². The number of ether oxygens (including phenoxy) is 3. The summed E-state index contributed by atoms with van der Waals surface area (Å²) < 4.78 is 22.2. The van der Waals surface area contributed by atoms with Gasteiger partial charge in [0.1, 0.15) is 31.3 Å². The predicted molar refractivity (Wildman–Crippen MR) is 175 cm³/mol. The highest BCUT2D eigenvalue weighted by Gasteiger charge is 2.49. The van der Waals surface area contributed by atoms with Gasteiger partial charge in [0.15, 0.2) is 5.79 Å². The molecule has 2 aromatic carbocycles. The molecule has 244 valence electrons. The summed E-state index contributed by atoms with van der Waals surface area (Å²) in [7, 11) is 0. The van der Waals surface area contributed by atoms with Crippen LogP contribution in [0.15, 0.2) is 72.0 Å². The Bertz CT molecular complexity index is 1610. The van der Waals surface area contributed by atoms with E-state index in [1.165, 1.54) is 18.5 Å². The molecule has 1 aliphatic carbocycles. The summed E-state index contributed by atoms with van der Waals surface area (Å²) in [6, 6.07) is 16.6. The lowest BCUT2D eigenvalue weighted by Gasteiger charge is -2.37. The van der Waals surface area contributed by atoms with Crippen LogP contribution in [0.4, 0.5) is 11.4 Å². The molecule has 2 aromatic heterocycles. The number of piperazine rings is 1. The van der Waals surface area contributed by atoms with Gasteiger partial charge in [0.05, 0.1) is 30.7 Å². The summed E-state index contributed by atoms with van der Waals surface area (Å²) in [5, 5.41) is 12.9. The molecule has 1 saturated carbocycles. The van der Waals surface area contributed by atoms with E-state index in [9.17, 15) is 4.79 Å². The van der Waals surface area contributed by atoms with E-state index in [-0.39, 0.29) is 17.8 Å². The van der Waals surface area contributed by atoms with E-state index < -0.39 is 5.79 Å². The van der Waals surface area contributed by atoms with Crippen molar-refractivity contribution in [3.05, 3.63) is 77.7 Å². The van der Waals surface area contributed by atoms with Crippen molar-refractivity contribution in [3.63, 3.8) is 0 Å². The third kappa shape index (κ3) is 6.28. The lowest BCUT2D eigenvalue weighted by atomic mass is 9.96. The lowest BCUT2D eigenvalue weighted by Crippen LogP contribution is -2.46. The van der Waals surface area contributed by atoms with Crippen molar-refractivity contribution in [1.29, 1.82) is 0 Å². The van der Waals surface area contributed by atoms with E-state index in [1.54, 1.807) is 32.8 Å². The van der Waals surface area contributed by atoms with E-state index in [4.69, 9.17) is 14.2 Å². The highest BCUT2D eigenvalue weighted by molar-refractivity contribution is 5.54. The van der Waals surface area contributed by atoms with Crippen molar-refractivity contribution >= 4 is 11.4 Å². The molecule has 0 radical (unpaired) electrons. The Labute approximate surface area is 269 Å². The van der Waals surface area contributed by atoms with Gasteiger partial charge in [0.2, 0.25) is 0 Å². The van der Waals surface area contributed by atoms with Crippen LogP contribution in [-0.2, 0) is 16.0 Å². The molecule has 4 aromatic rings. The van der Waals surface area contributed by atoms with Crippen LogP contribution in [-0.4, -0.2) is 80.6 Å². The standard InChI is InChI=1S/C34H44N8O4/c1-3-26(2)42-33(43)40(25-37-42)30-10-8-28(9-11-30)38-18-20-39(21-19-38)29-12-14-31(15-13-29)44-22-32-23-45-34(46-32,27-6-4-5-7-27)24-41-35-16-17-36-41/h8-17,25-27,32H,3-7,18-24H2,1-2H3. The first-order valence-corrected chi connectivity index (χ1v) is 16.7. The quantitative estimate of drug-likeness (QED) is 0.240. The summed E-state index contributed by atoms with van der Waals surface area (Å²) in [5.74, 6) is 0.486. The number of hydrogen-bond donors (Lipinski definition) is 0. The molecule has 2 saturated heterocycles. The largest absolute Gasteiger partial charge is 0.491 e. The SMILES string of the molecule is CCC(C)n1ncn(-c2ccc(N3CCN(c4ccc(OCC5COC(Cn6nccn6)(C6CCCC6)O5)cc4)CC3)cc2)c1=O. The Hall–Kier alpha value is -4.16. The van der Waals surface area contributed by atoms with Crippen LogP contribution < -0.4 is 20.2 Å². The topological polar surface area (TPSA) is 105 Å². The lowest BCUT2D eigenvalue weighted by molar-refractivity contribution is -0.217.